The van der Waals surface area contributed by atoms with Crippen LogP contribution in [0.2, 0.25) is 0 Å². The van der Waals surface area contributed by atoms with Crippen LogP contribution in [0.25, 0.3) is 0 Å². The number of hydrogen-bond acceptors (Lipinski definition) is 3. The number of carbonyl (C=O) groups excluding carboxylic acids is 1. The lowest BCUT2D eigenvalue weighted by Crippen LogP contribution is -2.45. The van der Waals surface area contributed by atoms with Crippen molar-refractivity contribution in [3.8, 4) is 0 Å². The van der Waals surface area contributed by atoms with Crippen molar-refractivity contribution in [2.24, 2.45) is 5.92 Å². The maximum Gasteiger partial charge on any atom is 0.411 e. The molecule has 1 heterocycles. The Morgan fingerprint density at radius 2 is 2.46 bits per heavy atom. The highest BCUT2D eigenvalue weighted by atomic mass is 35.5. The predicted molar refractivity (Wildman–Crippen MR) is 48.6 cm³/mol. The number of β-amino-alcohol motifs (C(OH)–C–C–N with tert-alkyl or cyclic N) is 1. The van der Waals surface area contributed by atoms with Crippen LogP contribution in [0.15, 0.2) is 0 Å². The zero-order valence-corrected chi connectivity index (χ0v) is 8.33. The third-order valence-electron chi connectivity index (χ3n) is 2.35. The van der Waals surface area contributed by atoms with E-state index in [-0.39, 0.29) is 12.0 Å². The van der Waals surface area contributed by atoms with Crippen LogP contribution < -0.4 is 0 Å². The highest BCUT2D eigenvalue weighted by molar-refractivity contribution is 6.17. The molecule has 1 fully saturated rings. The number of ether oxygens (including phenoxy) is 1. The van der Waals surface area contributed by atoms with Crippen LogP contribution in [0, 0.1) is 5.92 Å². The first-order valence-electron chi connectivity index (χ1n) is 4.31. The first-order valence-corrected chi connectivity index (χ1v) is 4.84. The van der Waals surface area contributed by atoms with E-state index in [1.807, 2.05) is 6.92 Å². The van der Waals surface area contributed by atoms with Crippen molar-refractivity contribution in [3.63, 3.8) is 0 Å². The molecule has 1 N–H and O–H groups in total. The van der Waals surface area contributed by atoms with Gasteiger partial charge in [-0.15, -0.1) is 0 Å². The van der Waals surface area contributed by atoms with Crippen LogP contribution in [0.4, 0.5) is 4.79 Å². The second kappa shape index (κ2) is 4.67. The average Bonchev–Trinajstić information content (AvgIpc) is 2.10. The fraction of sp³-hybridized carbons (Fsp3) is 0.875. The van der Waals surface area contributed by atoms with Crippen LogP contribution in [-0.2, 0) is 4.74 Å². The number of hydrogen-bond donors (Lipinski definition) is 1. The number of aliphatic hydroxyl groups is 1. The van der Waals surface area contributed by atoms with Crippen LogP contribution in [0.5, 0.6) is 0 Å². The van der Waals surface area contributed by atoms with Gasteiger partial charge in [0.25, 0.3) is 0 Å². The zero-order chi connectivity index (χ0) is 9.84. The van der Waals surface area contributed by atoms with Gasteiger partial charge in [0.05, 0.1) is 12.6 Å². The molecular formula is C8H14ClNO3. The minimum absolute atomic E-state index is 0.138. The Morgan fingerprint density at radius 1 is 1.77 bits per heavy atom. The Hall–Kier alpha value is -0.480. The Morgan fingerprint density at radius 3 is 3.00 bits per heavy atom. The number of halogens is 1. The number of aliphatic hydroxyl groups excluding tert-OH is 1. The summed E-state index contributed by atoms with van der Waals surface area (Å²) in [6, 6.07) is -0.138. The smallest absolute Gasteiger partial charge is 0.411 e. The lowest BCUT2D eigenvalue weighted by Gasteiger charge is -2.33. The van der Waals surface area contributed by atoms with Crippen LogP contribution in [0.3, 0.4) is 0 Å². The number of alkyl halides is 1. The molecule has 0 bridgehead atoms. The van der Waals surface area contributed by atoms with Gasteiger partial charge in [0, 0.05) is 6.54 Å². The van der Waals surface area contributed by atoms with Crippen molar-refractivity contribution in [3.05, 3.63) is 0 Å². The number of carbonyl (C=O) groups is 1. The summed E-state index contributed by atoms with van der Waals surface area (Å²) in [5.74, 6) is 0.250. The van der Waals surface area contributed by atoms with E-state index in [2.05, 4.69) is 4.74 Å². The molecule has 1 aliphatic heterocycles. The summed E-state index contributed by atoms with van der Waals surface area (Å²) in [6.45, 7) is 2.94. The van der Waals surface area contributed by atoms with Gasteiger partial charge in [-0.2, -0.15) is 0 Å². The van der Waals surface area contributed by atoms with Crippen molar-refractivity contribution in [1.29, 1.82) is 0 Å². The fourth-order valence-corrected chi connectivity index (χ4v) is 1.45. The first-order chi connectivity index (χ1) is 6.15. The normalized spacial score (nSPS) is 28.7. The lowest BCUT2D eigenvalue weighted by molar-refractivity contribution is 0.0251. The highest BCUT2D eigenvalue weighted by Crippen LogP contribution is 2.17. The molecule has 5 heteroatoms. The molecule has 0 spiro atoms. The summed E-state index contributed by atoms with van der Waals surface area (Å²) in [5, 5.41) is 9.48. The standard InChI is InChI=1S/C8H14ClNO3/c1-6-2-3-10(4-7(6)11)8(12)13-5-9/h6-7,11H,2-5H2,1H3. The third-order valence-corrected chi connectivity index (χ3v) is 2.46. The van der Waals surface area contributed by atoms with Crippen LogP contribution in [0.1, 0.15) is 13.3 Å². The van der Waals surface area contributed by atoms with Gasteiger partial charge in [-0.05, 0) is 12.3 Å². The maximum absolute atomic E-state index is 11.2. The number of rotatable bonds is 1. The zero-order valence-electron chi connectivity index (χ0n) is 7.57. The van der Waals surface area contributed by atoms with Gasteiger partial charge in [0.15, 0.2) is 6.07 Å². The van der Waals surface area contributed by atoms with E-state index in [0.29, 0.717) is 13.1 Å². The van der Waals surface area contributed by atoms with Crippen molar-refractivity contribution in [1.82, 2.24) is 4.90 Å². The molecule has 13 heavy (non-hydrogen) atoms. The molecule has 1 saturated heterocycles. The Kier molecular flexibility index (Phi) is 3.81. The summed E-state index contributed by atoms with van der Waals surface area (Å²) >= 11 is 5.25. The van der Waals surface area contributed by atoms with Crippen molar-refractivity contribution < 1.29 is 14.6 Å². The Bertz CT molecular complexity index is 188. The SMILES string of the molecule is CC1CCN(C(=O)OCCl)CC1O. The van der Waals surface area contributed by atoms with Crippen molar-refractivity contribution in [2.75, 3.05) is 19.2 Å². The van der Waals surface area contributed by atoms with E-state index in [1.165, 1.54) is 4.90 Å². The van der Waals surface area contributed by atoms with Gasteiger partial charge in [-0.1, -0.05) is 18.5 Å². The Balaban J connectivity index is 2.40. The van der Waals surface area contributed by atoms with E-state index >= 15 is 0 Å². The molecule has 2 unspecified atom stereocenters. The van der Waals surface area contributed by atoms with Crippen molar-refractivity contribution in [2.45, 2.75) is 19.4 Å². The number of amides is 1. The predicted octanol–water partition coefficient (Wildman–Crippen LogP) is 1.02. The van der Waals surface area contributed by atoms with Crippen LogP contribution >= 0.6 is 11.6 Å². The molecule has 2 atom stereocenters. The molecule has 0 saturated carbocycles. The van der Waals surface area contributed by atoms with E-state index < -0.39 is 12.2 Å². The number of piperidine rings is 1. The minimum atomic E-state index is -0.448. The molecule has 1 amide bonds. The van der Waals surface area contributed by atoms with Crippen LogP contribution in [-0.4, -0.2) is 41.4 Å². The minimum Gasteiger partial charge on any atom is -0.433 e. The second-order valence-electron chi connectivity index (χ2n) is 3.30. The van der Waals surface area contributed by atoms with Gasteiger partial charge >= 0.3 is 6.09 Å². The molecule has 4 nitrogen and oxygen atoms in total. The quantitative estimate of drug-likeness (QED) is 0.654. The molecule has 0 aromatic heterocycles. The molecule has 1 aliphatic rings. The third kappa shape index (κ3) is 2.74. The van der Waals surface area contributed by atoms with E-state index in [4.69, 9.17) is 11.6 Å². The molecule has 0 aliphatic carbocycles. The summed E-state index contributed by atoms with van der Waals surface area (Å²) in [5.41, 5.74) is 0. The second-order valence-corrected chi connectivity index (χ2v) is 3.52. The van der Waals surface area contributed by atoms with E-state index in [0.717, 1.165) is 6.42 Å². The highest BCUT2D eigenvalue weighted by Gasteiger charge is 2.27. The molecule has 76 valence electrons. The largest absolute Gasteiger partial charge is 0.433 e. The maximum atomic E-state index is 11.2. The number of nitrogens with zero attached hydrogens (tertiary/aromatic N) is 1. The van der Waals surface area contributed by atoms with E-state index in [9.17, 15) is 9.90 Å². The summed E-state index contributed by atoms with van der Waals surface area (Å²) in [7, 11) is 0. The molecule has 0 aromatic carbocycles. The first kappa shape index (κ1) is 10.6. The lowest BCUT2D eigenvalue weighted by atomic mass is 9.96. The molecule has 0 radical (unpaired) electrons. The molecule has 0 aromatic rings. The van der Waals surface area contributed by atoms with Gasteiger partial charge in [-0.25, -0.2) is 4.79 Å². The van der Waals surface area contributed by atoms with Gasteiger partial charge in [0.1, 0.15) is 0 Å². The van der Waals surface area contributed by atoms with Gasteiger partial charge in [-0.3, -0.25) is 0 Å². The Labute approximate surface area is 82.4 Å². The monoisotopic (exact) mass is 207 g/mol. The fourth-order valence-electron chi connectivity index (χ4n) is 1.35. The average molecular weight is 208 g/mol. The molecule has 1 rings (SSSR count). The van der Waals surface area contributed by atoms with Gasteiger partial charge < -0.3 is 14.7 Å². The number of likely N-dealkylation sites (tertiary alicyclic amines) is 1. The molecular weight excluding hydrogens is 194 g/mol. The summed E-state index contributed by atoms with van der Waals surface area (Å²) in [6.07, 6.45) is -0.0870. The van der Waals surface area contributed by atoms with Crippen molar-refractivity contribution >= 4 is 17.7 Å². The summed E-state index contributed by atoms with van der Waals surface area (Å²) < 4.78 is 4.61. The topological polar surface area (TPSA) is 49.8 Å². The van der Waals surface area contributed by atoms with Gasteiger partial charge in [0.2, 0.25) is 0 Å². The van der Waals surface area contributed by atoms with E-state index in [1.54, 1.807) is 0 Å². The summed E-state index contributed by atoms with van der Waals surface area (Å²) in [4.78, 5) is 12.6.